The third-order valence-electron chi connectivity index (χ3n) is 2.60. The summed E-state index contributed by atoms with van der Waals surface area (Å²) in [6, 6.07) is 0. The van der Waals surface area contributed by atoms with Crippen molar-refractivity contribution in [3.8, 4) is 0 Å². The molecule has 1 aliphatic heterocycles. The number of hydrogen-bond acceptors (Lipinski definition) is 4. The second-order valence-electron chi connectivity index (χ2n) is 4.06. The number of rotatable bonds is 0. The first kappa shape index (κ1) is 16.4. The molecule has 16 heavy (non-hydrogen) atoms. The van der Waals surface area contributed by atoms with Crippen LogP contribution in [0, 0.1) is 0 Å². The standard InChI is InChI=1S/C11H26N4.Cu/c1-4-12-6-2-8-14-10-11-15-9-3-7-13-5-1;/h12-15H,1-11H2;/q;+1. The van der Waals surface area contributed by atoms with Crippen molar-refractivity contribution in [2.24, 2.45) is 0 Å². The van der Waals surface area contributed by atoms with Crippen LogP contribution in [0.2, 0.25) is 0 Å². The fourth-order valence-electron chi connectivity index (χ4n) is 1.69. The molecule has 1 heterocycles. The summed E-state index contributed by atoms with van der Waals surface area (Å²) in [4.78, 5) is 0. The molecule has 1 saturated heterocycles. The summed E-state index contributed by atoms with van der Waals surface area (Å²) in [5.74, 6) is 0. The molecule has 1 aliphatic rings. The fraction of sp³-hybridized carbons (Fsp3) is 1.00. The maximum atomic E-state index is 3.46. The van der Waals surface area contributed by atoms with Gasteiger partial charge >= 0.3 is 17.1 Å². The molecule has 0 aromatic carbocycles. The quantitative estimate of drug-likeness (QED) is 0.452. The Morgan fingerprint density at radius 3 is 0.938 bits per heavy atom. The van der Waals surface area contributed by atoms with Crippen molar-refractivity contribution < 1.29 is 17.1 Å². The van der Waals surface area contributed by atoms with Gasteiger partial charge in [0.15, 0.2) is 0 Å². The number of nitrogens with one attached hydrogen (secondary N) is 4. The Morgan fingerprint density at radius 2 is 0.625 bits per heavy atom. The summed E-state index contributed by atoms with van der Waals surface area (Å²) in [6.07, 6.45) is 3.70. The molecule has 0 atom stereocenters. The Hall–Kier alpha value is 0.359. The first-order valence-corrected chi connectivity index (χ1v) is 6.33. The van der Waals surface area contributed by atoms with Gasteiger partial charge in [0.05, 0.1) is 0 Å². The third-order valence-corrected chi connectivity index (χ3v) is 2.60. The smallest absolute Gasteiger partial charge is 0.317 e. The molecule has 0 radical (unpaired) electrons. The predicted molar refractivity (Wildman–Crippen MR) is 65.3 cm³/mol. The van der Waals surface area contributed by atoms with Crippen LogP contribution in [0.25, 0.3) is 0 Å². The molecule has 0 amide bonds. The zero-order chi connectivity index (χ0) is 10.6. The Balaban J connectivity index is 0.00000225. The predicted octanol–water partition coefficient (Wildman–Crippen LogP) is -0.474. The van der Waals surface area contributed by atoms with Gasteiger partial charge in [0.2, 0.25) is 0 Å². The molecule has 0 saturated carbocycles. The molecule has 0 aliphatic carbocycles. The Bertz CT molecular complexity index is 76.5. The monoisotopic (exact) mass is 277 g/mol. The van der Waals surface area contributed by atoms with Crippen molar-refractivity contribution in [1.29, 1.82) is 0 Å². The topological polar surface area (TPSA) is 48.1 Å². The van der Waals surface area contributed by atoms with Gasteiger partial charge in [-0.15, -0.1) is 0 Å². The Morgan fingerprint density at radius 1 is 0.375 bits per heavy atom. The van der Waals surface area contributed by atoms with Crippen LogP contribution in [0.5, 0.6) is 0 Å². The first-order valence-electron chi connectivity index (χ1n) is 6.33. The van der Waals surface area contributed by atoms with Crippen LogP contribution in [0.4, 0.5) is 0 Å². The van der Waals surface area contributed by atoms with Crippen LogP contribution < -0.4 is 21.3 Å². The Labute approximate surface area is 110 Å². The molecular weight excluding hydrogens is 252 g/mol. The zero-order valence-electron chi connectivity index (χ0n) is 10.1. The van der Waals surface area contributed by atoms with Gasteiger partial charge in [-0.2, -0.15) is 0 Å². The molecule has 0 aromatic heterocycles. The third kappa shape index (κ3) is 10.9. The number of hydrogen-bond donors (Lipinski definition) is 4. The van der Waals surface area contributed by atoms with Crippen LogP contribution in [0.3, 0.4) is 0 Å². The van der Waals surface area contributed by atoms with Gasteiger partial charge in [-0.05, 0) is 58.5 Å². The molecular formula is C11H26CuN4+. The summed E-state index contributed by atoms with van der Waals surface area (Å²) in [5, 5.41) is 13.8. The Kier molecular flexibility index (Phi) is 13.7. The van der Waals surface area contributed by atoms with E-state index in [0.29, 0.717) is 0 Å². The van der Waals surface area contributed by atoms with E-state index in [1.165, 1.54) is 19.3 Å². The van der Waals surface area contributed by atoms with E-state index in [2.05, 4.69) is 21.3 Å². The first-order chi connectivity index (χ1) is 7.50. The normalized spacial score (nSPS) is 22.5. The van der Waals surface area contributed by atoms with E-state index >= 15 is 0 Å². The maximum absolute atomic E-state index is 3.46. The SMILES string of the molecule is C1CNCCCNCCNCCCNC1.[Cu+]. The summed E-state index contributed by atoms with van der Waals surface area (Å²) in [7, 11) is 0. The average molecular weight is 278 g/mol. The molecule has 0 aromatic rings. The van der Waals surface area contributed by atoms with E-state index < -0.39 is 0 Å². The zero-order valence-corrected chi connectivity index (χ0v) is 11.0. The van der Waals surface area contributed by atoms with Crippen LogP contribution in [0.1, 0.15) is 19.3 Å². The minimum Gasteiger partial charge on any atom is -0.317 e. The van der Waals surface area contributed by atoms with E-state index in [9.17, 15) is 0 Å². The summed E-state index contributed by atoms with van der Waals surface area (Å²) in [5.41, 5.74) is 0. The van der Waals surface area contributed by atoms with Gasteiger partial charge in [-0.25, -0.2) is 0 Å². The molecule has 5 heteroatoms. The molecule has 100 valence electrons. The molecule has 4 nitrogen and oxygen atoms in total. The van der Waals surface area contributed by atoms with Crippen molar-refractivity contribution in [2.45, 2.75) is 19.3 Å². The largest absolute Gasteiger partial charge is 1.00 e. The molecule has 1 fully saturated rings. The minimum atomic E-state index is 0. The van der Waals surface area contributed by atoms with Gasteiger partial charge in [0.25, 0.3) is 0 Å². The van der Waals surface area contributed by atoms with Crippen LogP contribution in [0.15, 0.2) is 0 Å². The van der Waals surface area contributed by atoms with Crippen molar-refractivity contribution >= 4 is 0 Å². The van der Waals surface area contributed by atoms with Gasteiger partial charge in [0.1, 0.15) is 0 Å². The van der Waals surface area contributed by atoms with Crippen molar-refractivity contribution in [2.75, 3.05) is 52.4 Å². The van der Waals surface area contributed by atoms with Crippen molar-refractivity contribution in [3.05, 3.63) is 0 Å². The van der Waals surface area contributed by atoms with Crippen LogP contribution >= 0.6 is 0 Å². The van der Waals surface area contributed by atoms with Gasteiger partial charge in [-0.3, -0.25) is 0 Å². The fourth-order valence-corrected chi connectivity index (χ4v) is 1.69. The van der Waals surface area contributed by atoms with Crippen LogP contribution in [-0.2, 0) is 17.1 Å². The van der Waals surface area contributed by atoms with E-state index in [1.807, 2.05) is 0 Å². The molecule has 0 unspecified atom stereocenters. The summed E-state index contributed by atoms with van der Waals surface area (Å²) < 4.78 is 0. The van der Waals surface area contributed by atoms with E-state index in [4.69, 9.17) is 0 Å². The van der Waals surface area contributed by atoms with E-state index in [1.54, 1.807) is 0 Å². The molecule has 0 bridgehead atoms. The molecule has 4 N–H and O–H groups in total. The average Bonchev–Trinajstić information content (AvgIpc) is 2.27. The maximum Gasteiger partial charge on any atom is 1.00 e. The summed E-state index contributed by atoms with van der Waals surface area (Å²) >= 11 is 0. The van der Waals surface area contributed by atoms with Crippen molar-refractivity contribution in [3.63, 3.8) is 0 Å². The molecule has 1 rings (SSSR count). The molecule has 0 spiro atoms. The van der Waals surface area contributed by atoms with Gasteiger partial charge < -0.3 is 21.3 Å². The summed E-state index contributed by atoms with van der Waals surface area (Å²) in [6.45, 7) is 9.01. The van der Waals surface area contributed by atoms with E-state index in [-0.39, 0.29) is 17.1 Å². The van der Waals surface area contributed by atoms with Gasteiger partial charge in [0, 0.05) is 13.1 Å². The van der Waals surface area contributed by atoms with Gasteiger partial charge in [-0.1, -0.05) is 0 Å². The van der Waals surface area contributed by atoms with Crippen molar-refractivity contribution in [1.82, 2.24) is 21.3 Å². The van der Waals surface area contributed by atoms with Crippen LogP contribution in [-0.4, -0.2) is 52.4 Å². The minimum absolute atomic E-state index is 0. The second-order valence-corrected chi connectivity index (χ2v) is 4.06. The second kappa shape index (κ2) is 13.4. The van der Waals surface area contributed by atoms with E-state index in [0.717, 1.165) is 52.4 Å².